The fraction of sp³-hybridized carbons (Fsp3) is 0.107. The van der Waals surface area contributed by atoms with E-state index in [2.05, 4.69) is 102 Å². The number of aromatic amines is 1. The van der Waals surface area contributed by atoms with E-state index in [1.807, 2.05) is 6.07 Å². The molecule has 0 aliphatic heterocycles. The summed E-state index contributed by atoms with van der Waals surface area (Å²) in [5, 5.41) is 0. The molecule has 0 amide bonds. The van der Waals surface area contributed by atoms with Gasteiger partial charge < -0.3 is 4.98 Å². The van der Waals surface area contributed by atoms with Gasteiger partial charge in [-0.1, -0.05) is 68.4 Å². The molecule has 1 N–H and O–H groups in total. The Bertz CT molecular complexity index is 1660. The molecule has 1 aliphatic carbocycles. The van der Waals surface area contributed by atoms with Gasteiger partial charge in [0, 0.05) is 5.41 Å². The summed E-state index contributed by atoms with van der Waals surface area (Å²) in [6, 6.07) is 30.6. The second-order valence-corrected chi connectivity index (χ2v) is 9.05. The smallest absolute Gasteiger partial charge is 0.213 e. The van der Waals surface area contributed by atoms with Crippen molar-refractivity contribution in [2.75, 3.05) is 0 Å². The molecule has 0 saturated carbocycles. The first-order valence-corrected chi connectivity index (χ1v) is 10.7. The Kier molecular flexibility index (Phi) is 3.07. The lowest BCUT2D eigenvalue weighted by atomic mass is 9.81. The van der Waals surface area contributed by atoms with E-state index in [-0.39, 0.29) is 5.41 Å². The van der Waals surface area contributed by atoms with Gasteiger partial charge in [0.25, 0.3) is 0 Å². The second kappa shape index (κ2) is 5.64. The number of rotatable bonds is 1. The van der Waals surface area contributed by atoms with Crippen molar-refractivity contribution in [3.8, 4) is 22.3 Å². The SMILES string of the molecule is CC1(C)c2ccccc2-c2ccc(-c3ccc4c(c3)[nH]c3nc5ccccc5n34)cc21. The van der Waals surface area contributed by atoms with E-state index >= 15 is 0 Å². The largest absolute Gasteiger partial charge is 0.323 e. The van der Waals surface area contributed by atoms with Crippen molar-refractivity contribution >= 4 is 27.8 Å². The quantitative estimate of drug-likeness (QED) is 0.319. The molecule has 0 radical (unpaired) electrons. The molecule has 0 atom stereocenters. The van der Waals surface area contributed by atoms with E-state index in [4.69, 9.17) is 4.98 Å². The van der Waals surface area contributed by atoms with Gasteiger partial charge in [0.2, 0.25) is 5.78 Å². The molecule has 0 bridgehead atoms. The molecule has 2 heterocycles. The summed E-state index contributed by atoms with van der Waals surface area (Å²) in [5.74, 6) is 0.888. The van der Waals surface area contributed by atoms with Crippen LogP contribution >= 0.6 is 0 Å². The lowest BCUT2D eigenvalue weighted by Gasteiger charge is -2.22. The van der Waals surface area contributed by atoms with Crippen molar-refractivity contribution in [3.63, 3.8) is 0 Å². The lowest BCUT2D eigenvalue weighted by Crippen LogP contribution is -2.14. The summed E-state index contributed by atoms with van der Waals surface area (Å²) in [6.45, 7) is 4.66. The Morgan fingerprint density at radius 3 is 2.39 bits per heavy atom. The molecule has 3 heteroatoms. The molecule has 0 spiro atoms. The molecule has 0 unspecified atom stereocenters. The second-order valence-electron chi connectivity index (χ2n) is 9.05. The highest BCUT2D eigenvalue weighted by atomic mass is 15.1. The first kappa shape index (κ1) is 16.9. The number of para-hydroxylation sites is 2. The average Bonchev–Trinajstić information content (AvgIpc) is 3.40. The van der Waals surface area contributed by atoms with E-state index in [9.17, 15) is 0 Å². The van der Waals surface area contributed by atoms with Crippen molar-refractivity contribution in [2.45, 2.75) is 19.3 Å². The molecule has 148 valence electrons. The van der Waals surface area contributed by atoms with Crippen LogP contribution in [0.15, 0.2) is 84.9 Å². The summed E-state index contributed by atoms with van der Waals surface area (Å²) < 4.78 is 2.21. The molecule has 1 aliphatic rings. The summed E-state index contributed by atoms with van der Waals surface area (Å²) in [6.07, 6.45) is 0. The van der Waals surface area contributed by atoms with Crippen LogP contribution in [0.5, 0.6) is 0 Å². The minimum absolute atomic E-state index is 0.0120. The fourth-order valence-corrected chi connectivity index (χ4v) is 5.37. The number of aromatic nitrogens is 3. The highest BCUT2D eigenvalue weighted by Gasteiger charge is 2.35. The Hall–Kier alpha value is -3.85. The van der Waals surface area contributed by atoms with Crippen molar-refractivity contribution in [1.29, 1.82) is 0 Å². The highest BCUT2D eigenvalue weighted by Crippen LogP contribution is 2.49. The van der Waals surface area contributed by atoms with Gasteiger partial charge in [-0.05, 0) is 63.7 Å². The third kappa shape index (κ3) is 2.15. The standard InChI is InChI=1S/C28H21N3/c1-28(2)21-8-4-3-7-19(21)20-13-11-17(15-22(20)28)18-12-14-26-24(16-18)30-27-29-23-9-5-6-10-25(23)31(26)27/h3-16H,1-2H3,(H,29,30). The van der Waals surface area contributed by atoms with Crippen LogP contribution in [0.1, 0.15) is 25.0 Å². The number of hydrogen-bond acceptors (Lipinski definition) is 1. The van der Waals surface area contributed by atoms with E-state index in [1.165, 1.54) is 33.4 Å². The number of fused-ring (bicyclic) bond motifs is 8. The minimum atomic E-state index is 0.0120. The van der Waals surface area contributed by atoms with Gasteiger partial charge in [-0.15, -0.1) is 0 Å². The molecule has 31 heavy (non-hydrogen) atoms. The summed E-state index contributed by atoms with van der Waals surface area (Å²) in [5.41, 5.74) is 12.4. The normalized spacial score (nSPS) is 14.4. The first-order valence-electron chi connectivity index (χ1n) is 10.7. The average molecular weight is 399 g/mol. The van der Waals surface area contributed by atoms with E-state index < -0.39 is 0 Å². The third-order valence-electron chi connectivity index (χ3n) is 6.96. The lowest BCUT2D eigenvalue weighted by molar-refractivity contribution is 0.660. The Balaban J connectivity index is 1.41. The molecular formula is C28H21N3. The maximum absolute atomic E-state index is 4.75. The van der Waals surface area contributed by atoms with E-state index in [1.54, 1.807) is 0 Å². The van der Waals surface area contributed by atoms with Crippen LogP contribution in [0.2, 0.25) is 0 Å². The number of benzene rings is 4. The zero-order valence-electron chi connectivity index (χ0n) is 17.5. The van der Waals surface area contributed by atoms with Crippen LogP contribution in [0.25, 0.3) is 50.1 Å². The summed E-state index contributed by atoms with van der Waals surface area (Å²) >= 11 is 0. The van der Waals surface area contributed by atoms with Crippen LogP contribution in [-0.2, 0) is 5.41 Å². The van der Waals surface area contributed by atoms with Gasteiger partial charge in [0.05, 0.1) is 22.1 Å². The Morgan fingerprint density at radius 2 is 1.45 bits per heavy atom. The summed E-state index contributed by atoms with van der Waals surface area (Å²) in [4.78, 5) is 8.26. The van der Waals surface area contributed by atoms with Gasteiger partial charge >= 0.3 is 0 Å². The Morgan fingerprint density at radius 1 is 0.710 bits per heavy atom. The maximum atomic E-state index is 4.75. The van der Waals surface area contributed by atoms with Crippen molar-refractivity contribution in [3.05, 3.63) is 96.1 Å². The van der Waals surface area contributed by atoms with Crippen LogP contribution in [0, 0.1) is 0 Å². The van der Waals surface area contributed by atoms with Crippen molar-refractivity contribution in [1.82, 2.24) is 14.4 Å². The minimum Gasteiger partial charge on any atom is -0.323 e. The molecule has 0 saturated heterocycles. The molecule has 2 aromatic heterocycles. The van der Waals surface area contributed by atoms with Crippen molar-refractivity contribution < 1.29 is 0 Å². The summed E-state index contributed by atoms with van der Waals surface area (Å²) in [7, 11) is 0. The maximum Gasteiger partial charge on any atom is 0.213 e. The predicted molar refractivity (Wildman–Crippen MR) is 128 cm³/mol. The molecule has 7 rings (SSSR count). The van der Waals surface area contributed by atoms with Crippen LogP contribution in [0.3, 0.4) is 0 Å². The predicted octanol–water partition coefficient (Wildman–Crippen LogP) is 6.94. The van der Waals surface area contributed by atoms with Crippen LogP contribution in [0.4, 0.5) is 0 Å². The van der Waals surface area contributed by atoms with Gasteiger partial charge in [-0.3, -0.25) is 4.40 Å². The van der Waals surface area contributed by atoms with Gasteiger partial charge in [0.15, 0.2) is 0 Å². The molecule has 0 fully saturated rings. The van der Waals surface area contributed by atoms with E-state index in [0.717, 1.165) is 27.8 Å². The highest BCUT2D eigenvalue weighted by molar-refractivity contribution is 5.92. The van der Waals surface area contributed by atoms with Gasteiger partial charge in [0.1, 0.15) is 0 Å². The monoisotopic (exact) mass is 399 g/mol. The van der Waals surface area contributed by atoms with Crippen LogP contribution in [-0.4, -0.2) is 14.4 Å². The van der Waals surface area contributed by atoms with Crippen molar-refractivity contribution in [2.24, 2.45) is 0 Å². The number of nitrogens with one attached hydrogen (secondary N) is 1. The third-order valence-corrected chi connectivity index (χ3v) is 6.96. The number of nitrogens with zero attached hydrogens (tertiary/aromatic N) is 2. The number of imidazole rings is 2. The molecule has 4 aromatic carbocycles. The van der Waals surface area contributed by atoms with Gasteiger partial charge in [-0.25, -0.2) is 4.98 Å². The number of hydrogen-bond donors (Lipinski definition) is 1. The molecule has 3 nitrogen and oxygen atoms in total. The Labute approximate surface area is 180 Å². The topological polar surface area (TPSA) is 33.1 Å². The first-order chi connectivity index (χ1) is 15.1. The van der Waals surface area contributed by atoms with Gasteiger partial charge in [-0.2, -0.15) is 0 Å². The fourth-order valence-electron chi connectivity index (χ4n) is 5.37. The molecular weight excluding hydrogens is 378 g/mol. The zero-order chi connectivity index (χ0) is 20.7. The number of H-pyrrole nitrogens is 1. The van der Waals surface area contributed by atoms with Crippen LogP contribution < -0.4 is 0 Å². The molecule has 6 aromatic rings. The van der Waals surface area contributed by atoms with E-state index in [0.29, 0.717) is 0 Å². The zero-order valence-corrected chi connectivity index (χ0v) is 17.5.